The largest absolute Gasteiger partial charge is 0.354 e. The molecule has 1 aliphatic rings. The number of fused-ring (bicyclic) bond motifs is 1. The molecule has 1 aliphatic heterocycles. The summed E-state index contributed by atoms with van der Waals surface area (Å²) in [6, 6.07) is 9.59. The Morgan fingerprint density at radius 1 is 1.03 bits per heavy atom. The Kier molecular flexibility index (Phi) is 5.63. The smallest absolute Gasteiger partial charge is 0.169 e. The van der Waals surface area contributed by atoms with Crippen molar-refractivity contribution in [2.45, 2.75) is 13.3 Å². The number of nitrogens with zero attached hydrogens (tertiary/aromatic N) is 6. The summed E-state index contributed by atoms with van der Waals surface area (Å²) in [5.41, 5.74) is 3.10. The molecule has 0 aliphatic carbocycles. The minimum absolute atomic E-state index is 0.0314. The van der Waals surface area contributed by atoms with Gasteiger partial charge < -0.3 is 9.80 Å². The van der Waals surface area contributed by atoms with Gasteiger partial charge in [-0.2, -0.15) is 0 Å². The average Bonchev–Trinajstić information content (AvgIpc) is 3.25. The van der Waals surface area contributed by atoms with Gasteiger partial charge in [0.25, 0.3) is 0 Å². The second-order valence-corrected chi connectivity index (χ2v) is 9.34. The number of rotatable bonds is 5. The molecule has 0 N–H and O–H groups in total. The van der Waals surface area contributed by atoms with Gasteiger partial charge in [0.05, 0.1) is 33.2 Å². The normalized spacial score (nSPS) is 14.8. The highest BCUT2D eigenvalue weighted by Crippen LogP contribution is 2.26. The fraction of sp³-hybridized carbons (Fsp3) is 0.292. The Labute approximate surface area is 190 Å². The molecule has 8 heteroatoms. The molecule has 1 saturated heterocycles. The number of carbonyl (C=O) groups excluding carboxylic acids is 1. The van der Waals surface area contributed by atoms with Crippen LogP contribution in [0.4, 0.5) is 5.82 Å². The van der Waals surface area contributed by atoms with Crippen LogP contribution >= 0.6 is 11.3 Å². The van der Waals surface area contributed by atoms with E-state index in [9.17, 15) is 4.79 Å². The van der Waals surface area contributed by atoms with Crippen LogP contribution in [0.15, 0.2) is 48.9 Å². The van der Waals surface area contributed by atoms with E-state index in [0.29, 0.717) is 11.3 Å². The predicted octanol–water partition coefficient (Wildman–Crippen LogP) is 3.63. The molecular weight excluding hydrogens is 420 g/mol. The van der Waals surface area contributed by atoms with Crippen LogP contribution in [0.2, 0.25) is 0 Å². The summed E-state index contributed by atoms with van der Waals surface area (Å²) in [6.07, 6.45) is 5.59. The number of thiazole rings is 1. The molecule has 5 rings (SSSR count). The zero-order valence-electron chi connectivity index (χ0n) is 18.2. The van der Waals surface area contributed by atoms with Gasteiger partial charge in [0.15, 0.2) is 5.78 Å². The lowest BCUT2D eigenvalue weighted by Gasteiger charge is -2.33. The molecule has 0 unspecified atom stereocenters. The van der Waals surface area contributed by atoms with Crippen LogP contribution in [0.5, 0.6) is 0 Å². The van der Waals surface area contributed by atoms with Crippen LogP contribution in [0.3, 0.4) is 0 Å². The van der Waals surface area contributed by atoms with Crippen molar-refractivity contribution in [3.8, 4) is 10.6 Å². The van der Waals surface area contributed by atoms with E-state index in [1.54, 1.807) is 29.8 Å². The number of likely N-dealkylation sites (N-methyl/N-ethyl adjacent to an activating group) is 1. The van der Waals surface area contributed by atoms with Crippen molar-refractivity contribution in [2.24, 2.45) is 0 Å². The summed E-state index contributed by atoms with van der Waals surface area (Å²) >= 11 is 1.62. The molecule has 0 aromatic carbocycles. The summed E-state index contributed by atoms with van der Waals surface area (Å²) in [6.45, 7) is 5.81. The lowest BCUT2D eigenvalue weighted by molar-refractivity contribution is 0.0992. The minimum atomic E-state index is 0.0314. The molecule has 7 nitrogen and oxygen atoms in total. The number of anilines is 1. The highest BCUT2D eigenvalue weighted by atomic mass is 32.1. The van der Waals surface area contributed by atoms with E-state index in [4.69, 9.17) is 4.98 Å². The fourth-order valence-corrected chi connectivity index (χ4v) is 4.59. The van der Waals surface area contributed by atoms with Gasteiger partial charge in [0.2, 0.25) is 0 Å². The van der Waals surface area contributed by atoms with Gasteiger partial charge in [-0.3, -0.25) is 9.78 Å². The summed E-state index contributed by atoms with van der Waals surface area (Å²) < 4.78 is 0. The summed E-state index contributed by atoms with van der Waals surface area (Å²) in [5.74, 6) is 0.894. The van der Waals surface area contributed by atoms with Crippen molar-refractivity contribution in [3.05, 3.63) is 65.2 Å². The zero-order valence-corrected chi connectivity index (χ0v) is 19.0. The van der Waals surface area contributed by atoms with Crippen LogP contribution in [0.1, 0.15) is 21.1 Å². The van der Waals surface area contributed by atoms with Crippen LogP contribution in [0, 0.1) is 6.92 Å². The van der Waals surface area contributed by atoms with Crippen molar-refractivity contribution in [2.75, 3.05) is 38.1 Å². The molecule has 0 atom stereocenters. The van der Waals surface area contributed by atoms with Crippen molar-refractivity contribution >= 4 is 33.8 Å². The van der Waals surface area contributed by atoms with Gasteiger partial charge in [0, 0.05) is 55.7 Å². The summed E-state index contributed by atoms with van der Waals surface area (Å²) in [7, 11) is 2.12. The third-order valence-corrected chi connectivity index (χ3v) is 6.68. The van der Waals surface area contributed by atoms with Gasteiger partial charge in [0.1, 0.15) is 5.82 Å². The molecule has 0 amide bonds. The third kappa shape index (κ3) is 4.37. The Hall–Kier alpha value is -3.23. The number of Topliss-reactive ketones (excluding diaryl/α,β-unsaturated/α-hetero) is 1. The molecule has 4 aromatic rings. The van der Waals surface area contributed by atoms with Crippen LogP contribution in [-0.2, 0) is 6.42 Å². The topological polar surface area (TPSA) is 75.1 Å². The number of hydrogen-bond donors (Lipinski definition) is 0. The highest BCUT2D eigenvalue weighted by Gasteiger charge is 2.17. The van der Waals surface area contributed by atoms with Gasteiger partial charge in [-0.25, -0.2) is 15.0 Å². The molecular formula is C24H24N6OS. The zero-order chi connectivity index (χ0) is 22.1. The fourth-order valence-electron chi connectivity index (χ4n) is 3.84. The van der Waals surface area contributed by atoms with Gasteiger partial charge in [-0.1, -0.05) is 0 Å². The highest BCUT2D eigenvalue weighted by molar-refractivity contribution is 7.15. The van der Waals surface area contributed by atoms with Crippen molar-refractivity contribution in [1.29, 1.82) is 0 Å². The second kappa shape index (κ2) is 8.72. The van der Waals surface area contributed by atoms with Gasteiger partial charge >= 0.3 is 0 Å². The molecule has 162 valence electrons. The van der Waals surface area contributed by atoms with Crippen molar-refractivity contribution < 1.29 is 4.79 Å². The van der Waals surface area contributed by atoms with Crippen LogP contribution in [0.25, 0.3) is 21.5 Å². The number of aryl methyl sites for hydroxylation is 1. The van der Waals surface area contributed by atoms with E-state index >= 15 is 0 Å². The molecule has 0 bridgehead atoms. The Balaban J connectivity index is 1.36. The van der Waals surface area contributed by atoms with Crippen molar-refractivity contribution in [3.63, 3.8) is 0 Å². The summed E-state index contributed by atoms with van der Waals surface area (Å²) in [4.78, 5) is 36.7. The lowest BCUT2D eigenvalue weighted by Crippen LogP contribution is -2.44. The number of aromatic nitrogens is 4. The SMILES string of the molecule is Cc1ncc(-c2ccc3cnc(CC(=O)c4ccnc(N5CCN(C)CC5)c4)cc3n2)s1. The number of hydrogen-bond acceptors (Lipinski definition) is 8. The Morgan fingerprint density at radius 2 is 1.88 bits per heavy atom. The minimum Gasteiger partial charge on any atom is -0.354 e. The van der Waals surface area contributed by atoms with Gasteiger partial charge in [-0.05, 0) is 44.3 Å². The van der Waals surface area contributed by atoms with E-state index in [0.717, 1.165) is 58.5 Å². The molecule has 5 heterocycles. The van der Waals surface area contributed by atoms with E-state index in [1.165, 1.54) is 0 Å². The van der Waals surface area contributed by atoms with Gasteiger partial charge in [-0.15, -0.1) is 11.3 Å². The molecule has 0 saturated carbocycles. The Bertz CT molecular complexity index is 1280. The lowest BCUT2D eigenvalue weighted by atomic mass is 10.1. The molecule has 0 radical (unpaired) electrons. The number of ketones is 1. The van der Waals surface area contributed by atoms with E-state index in [2.05, 4.69) is 31.8 Å². The number of pyridine rings is 3. The number of carbonyl (C=O) groups is 1. The molecule has 4 aromatic heterocycles. The second-order valence-electron chi connectivity index (χ2n) is 8.10. The van der Waals surface area contributed by atoms with Crippen LogP contribution in [-0.4, -0.2) is 63.8 Å². The average molecular weight is 445 g/mol. The molecule has 0 spiro atoms. The molecule has 32 heavy (non-hydrogen) atoms. The van der Waals surface area contributed by atoms with E-state index in [1.807, 2.05) is 37.4 Å². The maximum Gasteiger partial charge on any atom is 0.169 e. The molecule has 1 fully saturated rings. The van der Waals surface area contributed by atoms with Crippen LogP contribution < -0.4 is 4.90 Å². The van der Waals surface area contributed by atoms with Crippen molar-refractivity contribution in [1.82, 2.24) is 24.8 Å². The standard InChI is InChI=1S/C24H24N6OS/c1-16-26-15-23(32-16)20-4-3-18-14-27-19(12-21(18)28-20)13-22(31)17-5-6-25-24(11-17)30-9-7-29(2)8-10-30/h3-6,11-12,14-15H,7-10,13H2,1-2H3. The first-order chi connectivity index (χ1) is 15.5. The first-order valence-corrected chi connectivity index (χ1v) is 11.5. The van der Waals surface area contributed by atoms with E-state index < -0.39 is 0 Å². The Morgan fingerprint density at radius 3 is 2.66 bits per heavy atom. The van der Waals surface area contributed by atoms with E-state index in [-0.39, 0.29) is 12.2 Å². The monoisotopic (exact) mass is 444 g/mol. The first-order valence-electron chi connectivity index (χ1n) is 10.7. The predicted molar refractivity (Wildman–Crippen MR) is 127 cm³/mol. The summed E-state index contributed by atoms with van der Waals surface area (Å²) in [5, 5.41) is 1.96. The maximum atomic E-state index is 13.0. The third-order valence-electron chi connectivity index (χ3n) is 5.74. The first kappa shape index (κ1) is 20.7. The maximum absolute atomic E-state index is 13.0. The number of piperazine rings is 1. The quantitative estimate of drug-likeness (QED) is 0.435.